The summed E-state index contributed by atoms with van der Waals surface area (Å²) in [5, 5.41) is 6.11. The Morgan fingerprint density at radius 2 is 1.11 bits per heavy atom. The molecule has 7 aromatic carbocycles. The molecule has 0 spiro atoms. The number of furan rings is 1. The van der Waals surface area contributed by atoms with E-state index in [9.17, 15) is 0 Å². The minimum absolute atomic E-state index is 0.0237. The summed E-state index contributed by atoms with van der Waals surface area (Å²) >= 11 is 0. The molecule has 1 aromatic heterocycles. The van der Waals surface area contributed by atoms with Gasteiger partial charge in [0.2, 0.25) is 0 Å². The third kappa shape index (κ3) is 6.71. The predicted molar refractivity (Wildman–Crippen MR) is 226 cm³/mol. The molecule has 8 aromatic rings. The van der Waals surface area contributed by atoms with Gasteiger partial charge in [-0.3, -0.25) is 0 Å². The Kier molecular flexibility index (Phi) is 8.66. The summed E-state index contributed by atoms with van der Waals surface area (Å²) in [5.41, 5.74) is 14.2. The average molecular weight is 691 g/mol. The van der Waals surface area contributed by atoms with Crippen molar-refractivity contribution in [1.29, 1.82) is 0 Å². The van der Waals surface area contributed by atoms with E-state index in [0.717, 1.165) is 61.5 Å². The molecule has 0 radical (unpaired) electrons. The summed E-state index contributed by atoms with van der Waals surface area (Å²) in [6.07, 6.45) is 0. The molecule has 1 heterocycles. The molecule has 8 rings (SSSR count). The van der Waals surface area contributed by atoms with Gasteiger partial charge in [0.15, 0.2) is 0 Å². The topological polar surface area (TPSA) is 28.4 Å². The fourth-order valence-electron chi connectivity index (χ4n) is 7.25. The van der Waals surface area contributed by atoms with Gasteiger partial charge in [0.05, 0.1) is 5.69 Å². The van der Waals surface area contributed by atoms with E-state index in [1.165, 1.54) is 22.3 Å². The van der Waals surface area contributed by atoms with Crippen LogP contribution in [0.1, 0.15) is 52.7 Å². The van der Waals surface area contributed by atoms with Crippen LogP contribution in [0.25, 0.3) is 44.2 Å². The van der Waals surface area contributed by atoms with Gasteiger partial charge in [0, 0.05) is 50.2 Å². The fraction of sp³-hybridized carbons (Fsp3) is 0.160. The summed E-state index contributed by atoms with van der Waals surface area (Å²) in [7, 11) is 0. The van der Waals surface area contributed by atoms with Crippen LogP contribution in [0.3, 0.4) is 0 Å². The molecule has 53 heavy (non-hydrogen) atoms. The van der Waals surface area contributed by atoms with Gasteiger partial charge in [0.1, 0.15) is 11.2 Å². The highest BCUT2D eigenvalue weighted by Gasteiger charge is 2.22. The first kappa shape index (κ1) is 34.0. The highest BCUT2D eigenvalue weighted by molar-refractivity contribution is 6.10. The molecule has 0 saturated carbocycles. The van der Waals surface area contributed by atoms with E-state index in [4.69, 9.17) is 4.42 Å². The van der Waals surface area contributed by atoms with Crippen LogP contribution in [0, 0.1) is 0 Å². The first-order valence-corrected chi connectivity index (χ1v) is 18.5. The van der Waals surface area contributed by atoms with Crippen LogP contribution in [0.5, 0.6) is 0 Å². The van der Waals surface area contributed by atoms with E-state index in [1.54, 1.807) is 0 Å². The minimum atomic E-state index is -0.0237. The minimum Gasteiger partial charge on any atom is -0.455 e. The second-order valence-corrected chi connectivity index (χ2v) is 16.0. The van der Waals surface area contributed by atoms with Crippen molar-refractivity contribution in [3.63, 3.8) is 0 Å². The lowest BCUT2D eigenvalue weighted by Gasteiger charge is -2.29. The van der Waals surface area contributed by atoms with Gasteiger partial charge >= 0.3 is 0 Å². The number of hydrogen-bond donors (Lipinski definition) is 1. The van der Waals surface area contributed by atoms with Crippen molar-refractivity contribution in [3.05, 3.63) is 175 Å². The molecule has 0 bridgehead atoms. The second-order valence-electron chi connectivity index (χ2n) is 16.0. The average Bonchev–Trinajstić information content (AvgIpc) is 3.55. The van der Waals surface area contributed by atoms with Gasteiger partial charge in [0.25, 0.3) is 0 Å². The Morgan fingerprint density at radius 1 is 0.472 bits per heavy atom. The molecule has 0 aliphatic rings. The van der Waals surface area contributed by atoms with Gasteiger partial charge in [-0.1, -0.05) is 151 Å². The summed E-state index contributed by atoms with van der Waals surface area (Å²) in [5.74, 6) is 0. The molecule has 0 atom stereocenters. The monoisotopic (exact) mass is 690 g/mol. The smallest absolute Gasteiger partial charge is 0.143 e. The number of nitrogens with zero attached hydrogens (tertiary/aromatic N) is 1. The Labute approximate surface area is 313 Å². The Balaban J connectivity index is 1.26. The van der Waals surface area contributed by atoms with Crippen molar-refractivity contribution in [1.82, 2.24) is 0 Å². The van der Waals surface area contributed by atoms with Crippen LogP contribution in [0.15, 0.2) is 168 Å². The number of hydrogen-bond acceptors (Lipinski definition) is 3. The Hall–Kier alpha value is -6.06. The van der Waals surface area contributed by atoms with E-state index >= 15 is 0 Å². The molecule has 0 aliphatic heterocycles. The summed E-state index contributed by atoms with van der Waals surface area (Å²) in [6, 6.07) is 58.7. The maximum Gasteiger partial charge on any atom is 0.143 e. The maximum absolute atomic E-state index is 6.56. The van der Waals surface area contributed by atoms with Crippen LogP contribution in [-0.4, -0.2) is 0 Å². The predicted octanol–water partition coefficient (Wildman–Crippen LogP) is 14.7. The van der Waals surface area contributed by atoms with Gasteiger partial charge in [-0.15, -0.1) is 0 Å². The van der Waals surface area contributed by atoms with Gasteiger partial charge in [-0.25, -0.2) is 0 Å². The van der Waals surface area contributed by atoms with Crippen LogP contribution in [0.4, 0.5) is 28.4 Å². The molecule has 0 unspecified atom stereocenters. The molecular formula is C50H46N2O. The number of benzene rings is 7. The molecule has 0 aliphatic carbocycles. The highest BCUT2D eigenvalue weighted by Crippen LogP contribution is 2.44. The molecule has 0 amide bonds. The molecule has 262 valence electrons. The Morgan fingerprint density at radius 3 is 1.89 bits per heavy atom. The molecule has 3 heteroatoms. The lowest BCUT2D eigenvalue weighted by Crippen LogP contribution is -2.14. The van der Waals surface area contributed by atoms with Crippen molar-refractivity contribution < 1.29 is 4.42 Å². The van der Waals surface area contributed by atoms with Crippen molar-refractivity contribution in [3.8, 4) is 22.3 Å². The quantitative estimate of drug-likeness (QED) is 0.180. The van der Waals surface area contributed by atoms with Crippen LogP contribution < -0.4 is 10.2 Å². The van der Waals surface area contributed by atoms with Crippen molar-refractivity contribution in [2.75, 3.05) is 10.2 Å². The first-order valence-electron chi connectivity index (χ1n) is 18.5. The van der Waals surface area contributed by atoms with E-state index < -0.39 is 0 Å². The number of anilines is 5. The maximum atomic E-state index is 6.56. The van der Waals surface area contributed by atoms with Gasteiger partial charge < -0.3 is 14.6 Å². The molecule has 1 N–H and O–H groups in total. The largest absolute Gasteiger partial charge is 0.455 e. The molecule has 0 fully saturated rings. The lowest BCUT2D eigenvalue weighted by atomic mass is 9.84. The molecule has 3 nitrogen and oxygen atoms in total. The number of fused-ring (bicyclic) bond motifs is 3. The molecule has 0 saturated heterocycles. The van der Waals surface area contributed by atoms with Gasteiger partial charge in [-0.2, -0.15) is 0 Å². The lowest BCUT2D eigenvalue weighted by molar-refractivity contribution is 0.590. The SMILES string of the molecule is CC(C)(C)c1ccc(N(c2cccc(Nc3ccc(C(C)(C)C)cc3-c3cccc4c3oc3ccccc34)c2)c2ccccc2-c2ccccc2)cc1. The number of rotatable bonds is 7. The highest BCUT2D eigenvalue weighted by atomic mass is 16.3. The molecular weight excluding hydrogens is 645 g/mol. The van der Waals surface area contributed by atoms with E-state index in [1.807, 2.05) is 12.1 Å². The summed E-state index contributed by atoms with van der Waals surface area (Å²) in [6.45, 7) is 13.6. The fourth-order valence-corrected chi connectivity index (χ4v) is 7.25. The third-order valence-corrected chi connectivity index (χ3v) is 10.2. The van der Waals surface area contributed by atoms with Crippen LogP contribution >= 0.6 is 0 Å². The van der Waals surface area contributed by atoms with Crippen molar-refractivity contribution in [2.45, 2.75) is 52.4 Å². The van der Waals surface area contributed by atoms with E-state index in [0.29, 0.717) is 0 Å². The zero-order valence-electron chi connectivity index (χ0n) is 31.4. The van der Waals surface area contributed by atoms with E-state index in [2.05, 4.69) is 203 Å². The zero-order chi connectivity index (χ0) is 36.7. The van der Waals surface area contributed by atoms with Gasteiger partial charge in [-0.05, 0) is 82.1 Å². The van der Waals surface area contributed by atoms with Crippen molar-refractivity contribution in [2.24, 2.45) is 0 Å². The normalized spacial score (nSPS) is 12.0. The summed E-state index contributed by atoms with van der Waals surface area (Å²) in [4.78, 5) is 2.37. The third-order valence-electron chi connectivity index (χ3n) is 10.2. The number of nitrogens with one attached hydrogen (secondary N) is 1. The van der Waals surface area contributed by atoms with Crippen LogP contribution in [0.2, 0.25) is 0 Å². The van der Waals surface area contributed by atoms with E-state index in [-0.39, 0.29) is 10.8 Å². The summed E-state index contributed by atoms with van der Waals surface area (Å²) < 4.78 is 6.56. The standard InChI is InChI=1S/C50H46N2O/c1-49(2,3)35-26-29-38(30-27-35)52(46-24-12-10-20-40(46)34-16-8-7-9-17-34)39-19-14-18-37(33-39)51-45-31-28-36(50(4,5)6)32-44(45)43-23-15-22-42-41-21-11-13-25-47(41)53-48(42)43/h7-33,51H,1-6H3. The van der Waals surface area contributed by atoms with Crippen LogP contribution in [-0.2, 0) is 10.8 Å². The second kappa shape index (κ2) is 13.5. The van der Waals surface area contributed by atoms with Crippen molar-refractivity contribution >= 4 is 50.4 Å². The number of para-hydroxylation sites is 3. The first-order chi connectivity index (χ1) is 25.5. The Bertz CT molecular complexity index is 2550. The zero-order valence-corrected chi connectivity index (χ0v) is 31.4.